The molecule has 21 heavy (non-hydrogen) atoms. The molecular formula is C10H20N2O9. The van der Waals surface area contributed by atoms with Gasteiger partial charge in [0.1, 0.15) is 0 Å². The number of carbonyl (C=O) groups is 4. The normalized spacial score (nSPS) is 6.57. The van der Waals surface area contributed by atoms with E-state index in [-0.39, 0.29) is 5.48 Å². The number of quaternary nitrogens is 2. The van der Waals surface area contributed by atoms with Crippen LogP contribution in [-0.2, 0) is 19.2 Å². The summed E-state index contributed by atoms with van der Waals surface area (Å²) >= 11 is 0. The van der Waals surface area contributed by atoms with Crippen molar-refractivity contribution in [1.82, 2.24) is 0 Å². The van der Waals surface area contributed by atoms with E-state index in [9.17, 15) is 0 Å². The summed E-state index contributed by atoms with van der Waals surface area (Å²) in [7, 11) is 0. The third kappa shape index (κ3) is 76.4. The molecule has 11 heteroatoms. The smallest absolute Gasteiger partial charge is 0.351 e. The van der Waals surface area contributed by atoms with Crippen molar-refractivity contribution in [3.63, 3.8) is 0 Å². The Morgan fingerprint density at radius 3 is 0.952 bits per heavy atom. The number of carboxylic acid groups (broad SMARTS) is 4. The van der Waals surface area contributed by atoms with Crippen LogP contribution in [0.4, 0.5) is 0 Å². The van der Waals surface area contributed by atoms with E-state index in [1.54, 1.807) is 12.2 Å². The Balaban J connectivity index is -0.0000000544. The lowest BCUT2D eigenvalue weighted by Crippen LogP contribution is -2.48. The van der Waals surface area contributed by atoms with Gasteiger partial charge in [-0.25, -0.2) is 9.59 Å². The van der Waals surface area contributed by atoms with E-state index in [1.165, 1.54) is 0 Å². The first kappa shape index (κ1) is 30.9. The third-order valence-corrected chi connectivity index (χ3v) is 0.757. The van der Waals surface area contributed by atoms with Gasteiger partial charge >= 0.3 is 11.9 Å². The highest BCUT2D eigenvalue weighted by Crippen LogP contribution is 1.50. The van der Waals surface area contributed by atoms with Crippen molar-refractivity contribution in [3.8, 4) is 0 Å². The first-order valence-electron chi connectivity index (χ1n) is 4.80. The monoisotopic (exact) mass is 312 g/mol. The van der Waals surface area contributed by atoms with Crippen LogP contribution in [0.3, 0.4) is 0 Å². The van der Waals surface area contributed by atoms with Crippen molar-refractivity contribution in [3.05, 3.63) is 25.3 Å². The van der Waals surface area contributed by atoms with Crippen LogP contribution in [-0.4, -0.2) is 52.7 Å². The zero-order valence-electron chi connectivity index (χ0n) is 11.2. The maximum Gasteiger partial charge on any atom is 0.351 e. The Morgan fingerprint density at radius 2 is 0.952 bits per heavy atom. The second-order valence-corrected chi connectivity index (χ2v) is 2.34. The van der Waals surface area contributed by atoms with Crippen molar-refractivity contribution >= 4 is 23.9 Å². The van der Waals surface area contributed by atoms with Gasteiger partial charge in [-0.1, -0.05) is 13.2 Å². The average molecular weight is 312 g/mol. The second kappa shape index (κ2) is 25.9. The molecule has 0 aromatic heterocycles. The fraction of sp³-hybridized carbons (Fsp3) is 0.200. The number of hydrogen-bond donors (Lipinski definition) is 4. The van der Waals surface area contributed by atoms with Crippen molar-refractivity contribution in [2.45, 2.75) is 0 Å². The number of carbonyl (C=O) groups excluding carboxylic acids is 2. The highest BCUT2D eigenvalue weighted by Gasteiger charge is 1.90. The lowest BCUT2D eigenvalue weighted by molar-refractivity contribution is -0.353. The Labute approximate surface area is 120 Å². The minimum Gasteiger partial charge on any atom is -0.539 e. The van der Waals surface area contributed by atoms with E-state index in [0.717, 1.165) is 13.1 Å². The van der Waals surface area contributed by atoms with Gasteiger partial charge in [-0.15, -0.1) is 0 Å². The molecule has 0 aliphatic heterocycles. The molecule has 0 aliphatic carbocycles. The van der Waals surface area contributed by atoms with Crippen molar-refractivity contribution in [2.75, 3.05) is 13.1 Å². The van der Waals surface area contributed by atoms with E-state index in [0.29, 0.717) is 0 Å². The molecular weight excluding hydrogens is 292 g/mol. The standard InChI is InChI=1S/2C3H7N.2C2H2O4.H2O/c2*1-2-3-4;2*3-1(4)2(5)6;/h2*2H,1,3-4H2;2*(H,3,4)(H,5,6);1H2. The van der Waals surface area contributed by atoms with Crippen molar-refractivity contribution in [2.24, 2.45) is 0 Å². The maximum absolute atomic E-state index is 9.04. The topological polar surface area (TPSA) is 242 Å². The molecule has 10 N–H and O–H groups in total. The fourth-order valence-electron chi connectivity index (χ4n) is 0. The van der Waals surface area contributed by atoms with Crippen molar-refractivity contribution < 1.29 is 56.5 Å². The van der Waals surface area contributed by atoms with E-state index in [1.807, 2.05) is 0 Å². The van der Waals surface area contributed by atoms with Crippen LogP contribution < -0.4 is 21.7 Å². The molecule has 11 nitrogen and oxygen atoms in total. The molecule has 0 atom stereocenters. The van der Waals surface area contributed by atoms with E-state index >= 15 is 0 Å². The fourth-order valence-corrected chi connectivity index (χ4v) is 0. The average Bonchev–Trinajstić information content (AvgIpc) is 2.39. The molecule has 124 valence electrons. The minimum atomic E-state index is -2.07. The number of carboxylic acids is 4. The third-order valence-electron chi connectivity index (χ3n) is 0.757. The lowest BCUT2D eigenvalue weighted by atomic mass is 10.7. The van der Waals surface area contributed by atoms with Crippen LogP contribution in [0.1, 0.15) is 0 Å². The zero-order chi connectivity index (χ0) is 17.1. The number of hydrogen-bond acceptors (Lipinski definition) is 6. The summed E-state index contributed by atoms with van der Waals surface area (Å²) < 4.78 is 0. The summed E-state index contributed by atoms with van der Waals surface area (Å²) in [5.41, 5.74) is 6.97. The molecule has 0 bridgehead atoms. The van der Waals surface area contributed by atoms with E-state index in [2.05, 4.69) is 24.6 Å². The zero-order valence-corrected chi connectivity index (χ0v) is 11.2. The van der Waals surface area contributed by atoms with Gasteiger partial charge in [0.25, 0.3) is 0 Å². The van der Waals surface area contributed by atoms with E-state index < -0.39 is 23.9 Å². The molecule has 0 spiro atoms. The van der Waals surface area contributed by atoms with Gasteiger partial charge in [-0.3, -0.25) is 0 Å². The van der Waals surface area contributed by atoms with Crippen LogP contribution in [0.5, 0.6) is 0 Å². The van der Waals surface area contributed by atoms with Crippen molar-refractivity contribution in [1.29, 1.82) is 0 Å². The largest absolute Gasteiger partial charge is 0.539 e. The Kier molecular flexibility index (Phi) is 38.2. The van der Waals surface area contributed by atoms with Crippen LogP contribution in [0.25, 0.3) is 0 Å². The number of rotatable bonds is 2. The molecule has 0 saturated heterocycles. The quantitative estimate of drug-likeness (QED) is 0.281. The van der Waals surface area contributed by atoms with Gasteiger partial charge in [0, 0.05) is 0 Å². The predicted molar refractivity (Wildman–Crippen MR) is 64.8 cm³/mol. The highest BCUT2D eigenvalue weighted by atomic mass is 16.4. The summed E-state index contributed by atoms with van der Waals surface area (Å²) in [5.74, 6) is -8.02. The molecule has 0 aliphatic rings. The van der Waals surface area contributed by atoms with E-state index in [4.69, 9.17) is 39.6 Å². The first-order chi connectivity index (χ1) is 9.11. The molecule has 0 rings (SSSR count). The maximum atomic E-state index is 9.04. The summed E-state index contributed by atoms with van der Waals surface area (Å²) in [5, 5.41) is 32.6. The van der Waals surface area contributed by atoms with Gasteiger partial charge < -0.3 is 47.0 Å². The molecule has 0 fully saturated rings. The minimum absolute atomic E-state index is 0. The Morgan fingerprint density at radius 1 is 0.857 bits per heavy atom. The van der Waals surface area contributed by atoms with Crippen LogP contribution >= 0.6 is 0 Å². The van der Waals surface area contributed by atoms with Gasteiger partial charge in [-0.05, 0) is 12.2 Å². The molecule has 0 aromatic rings. The molecule has 0 heterocycles. The highest BCUT2D eigenvalue weighted by molar-refractivity contribution is 6.26. The van der Waals surface area contributed by atoms with Crippen LogP contribution in [0, 0.1) is 0 Å². The second-order valence-electron chi connectivity index (χ2n) is 2.34. The molecule has 0 saturated carbocycles. The molecule has 0 unspecified atom stereocenters. The van der Waals surface area contributed by atoms with Crippen LogP contribution in [0.15, 0.2) is 25.3 Å². The molecule has 0 aromatic carbocycles. The first-order valence-corrected chi connectivity index (χ1v) is 4.80. The summed E-state index contributed by atoms with van der Waals surface area (Å²) in [6.45, 7) is 8.50. The SMILES string of the molecule is C=CC[NH3+].C=CC[NH3+].O.O=C([O-])C(=O)O.O=C([O-])C(=O)O. The summed E-state index contributed by atoms with van der Waals surface area (Å²) in [6.07, 6.45) is 3.53. The Hall–Kier alpha value is -2.76. The summed E-state index contributed by atoms with van der Waals surface area (Å²) in [4.78, 5) is 36.1. The molecule has 0 radical (unpaired) electrons. The van der Waals surface area contributed by atoms with Gasteiger partial charge in [0.05, 0.1) is 13.1 Å². The lowest BCUT2D eigenvalue weighted by Gasteiger charge is -1.85. The van der Waals surface area contributed by atoms with Gasteiger partial charge in [0.15, 0.2) is 11.9 Å². The van der Waals surface area contributed by atoms with Gasteiger partial charge in [-0.2, -0.15) is 0 Å². The van der Waals surface area contributed by atoms with Gasteiger partial charge in [0.2, 0.25) is 0 Å². The number of aliphatic carboxylic acids is 4. The summed E-state index contributed by atoms with van der Waals surface area (Å²) in [6, 6.07) is 0. The van der Waals surface area contributed by atoms with Crippen LogP contribution in [0.2, 0.25) is 0 Å². The Bertz CT molecular complexity index is 272. The predicted octanol–water partition coefficient (Wildman–Crippen LogP) is -6.35. The molecule has 0 amide bonds.